The first-order chi connectivity index (χ1) is 17.4. The molecule has 2 amide bonds. The van der Waals surface area contributed by atoms with Gasteiger partial charge in [-0.15, -0.1) is 23.1 Å². The predicted molar refractivity (Wildman–Crippen MR) is 132 cm³/mol. The number of aliphatic carboxylic acids is 1. The van der Waals surface area contributed by atoms with Gasteiger partial charge in [0.1, 0.15) is 35.4 Å². The maximum absolute atomic E-state index is 13.1. The lowest BCUT2D eigenvalue weighted by Crippen LogP contribution is -2.71. The van der Waals surface area contributed by atoms with Crippen LogP contribution in [0.1, 0.15) is 5.69 Å². The summed E-state index contributed by atoms with van der Waals surface area (Å²) < 4.78 is 1.90. The molecule has 5 rings (SSSR count). The van der Waals surface area contributed by atoms with Crippen molar-refractivity contribution in [2.24, 2.45) is 5.16 Å². The number of carboxylic acids is 1. The van der Waals surface area contributed by atoms with Crippen LogP contribution in [0.2, 0.25) is 0 Å². The number of nitrogens with two attached hydrogens (primary N) is 1. The number of thioether (sulfide) groups is 1. The zero-order valence-electron chi connectivity index (χ0n) is 18.8. The first-order valence-corrected chi connectivity index (χ1v) is 12.6. The van der Waals surface area contributed by atoms with Gasteiger partial charge in [-0.3, -0.25) is 14.5 Å². The van der Waals surface area contributed by atoms with Crippen molar-refractivity contribution in [2.75, 3.05) is 18.6 Å². The van der Waals surface area contributed by atoms with Crippen molar-refractivity contribution in [3.63, 3.8) is 0 Å². The third-order valence-electron chi connectivity index (χ3n) is 5.71. The number of oxime groups is 1. The number of hydrogen-bond acceptors (Lipinski definition) is 10. The fraction of sp³-hybridized carbons (Fsp3) is 0.227. The number of hydrogen-bond donors (Lipinski definition) is 3. The number of thiazole rings is 1. The average Bonchev–Trinajstić information content (AvgIpc) is 3.31. The standard InChI is InChI=1S/C22H19N7O5S2/c1-34-27-15(13-10-36-22(23)25-13)18(30)26-16-19(31)29-17(21(32)33)11(9-35-20(16)29)8-28-7-3-4-12-14(28)5-2-6-24-12/h2-7,10,16,20H,8-9H2,1H3,(H3-,23,25,26,30,32,33)/p+1/b27-15-/t16-,20-/m1/s1. The van der Waals surface area contributed by atoms with Gasteiger partial charge in [0.15, 0.2) is 23.6 Å². The van der Waals surface area contributed by atoms with Crippen LogP contribution in [-0.2, 0) is 25.8 Å². The zero-order chi connectivity index (χ0) is 25.4. The SMILES string of the molecule is CO/N=C(\C(=O)N[C@@H]1C(=O)N2C(C(=O)O)=C(C[n+]3cccc4ncccc43)CS[C@H]12)c1csc(N)n1. The second-order valence-electron chi connectivity index (χ2n) is 7.86. The van der Waals surface area contributed by atoms with Crippen molar-refractivity contribution in [3.8, 4) is 0 Å². The van der Waals surface area contributed by atoms with Crippen LogP contribution in [0.25, 0.3) is 11.0 Å². The maximum Gasteiger partial charge on any atom is 0.352 e. The monoisotopic (exact) mass is 526 g/mol. The Hall–Kier alpha value is -4.04. The minimum Gasteiger partial charge on any atom is -0.477 e. The summed E-state index contributed by atoms with van der Waals surface area (Å²) in [5, 5.41) is 17.6. The minimum absolute atomic E-state index is 0.0688. The summed E-state index contributed by atoms with van der Waals surface area (Å²) in [6.45, 7) is 0.279. The molecule has 4 N–H and O–H groups in total. The number of nitrogens with zero attached hydrogens (tertiary/aromatic N) is 5. The molecule has 0 spiro atoms. The number of pyridine rings is 2. The van der Waals surface area contributed by atoms with Gasteiger partial charge in [0.2, 0.25) is 5.52 Å². The van der Waals surface area contributed by atoms with Gasteiger partial charge in [-0.1, -0.05) is 5.16 Å². The van der Waals surface area contributed by atoms with Gasteiger partial charge in [0.25, 0.3) is 11.8 Å². The molecule has 2 atom stereocenters. The molecule has 0 unspecified atom stereocenters. The molecule has 3 aromatic rings. The second-order valence-corrected chi connectivity index (χ2v) is 9.85. The molecule has 12 nitrogen and oxygen atoms in total. The zero-order valence-corrected chi connectivity index (χ0v) is 20.5. The summed E-state index contributed by atoms with van der Waals surface area (Å²) in [4.78, 5) is 52.6. The van der Waals surface area contributed by atoms with E-state index in [4.69, 9.17) is 10.6 Å². The van der Waals surface area contributed by atoms with Crippen LogP contribution >= 0.6 is 23.1 Å². The van der Waals surface area contributed by atoms with Gasteiger partial charge in [-0.2, -0.15) is 4.57 Å². The van der Waals surface area contributed by atoms with E-state index < -0.39 is 29.2 Å². The van der Waals surface area contributed by atoms with Crippen LogP contribution in [0.5, 0.6) is 0 Å². The third kappa shape index (κ3) is 4.13. The summed E-state index contributed by atoms with van der Waals surface area (Å²) >= 11 is 2.51. The highest BCUT2D eigenvalue weighted by molar-refractivity contribution is 8.00. The summed E-state index contributed by atoms with van der Waals surface area (Å²) in [5.41, 5.74) is 7.87. The first-order valence-electron chi connectivity index (χ1n) is 10.7. The molecule has 2 aliphatic heterocycles. The molecule has 0 saturated carbocycles. The Bertz CT molecular complexity index is 1450. The van der Waals surface area contributed by atoms with Crippen molar-refractivity contribution in [1.82, 2.24) is 20.2 Å². The second kappa shape index (κ2) is 9.54. The number of rotatable bonds is 7. The van der Waals surface area contributed by atoms with Crippen LogP contribution in [0, 0.1) is 0 Å². The molecule has 14 heteroatoms. The van der Waals surface area contributed by atoms with Crippen LogP contribution in [-0.4, -0.2) is 67.7 Å². The van der Waals surface area contributed by atoms with E-state index in [1.54, 1.807) is 11.6 Å². The molecule has 1 fully saturated rings. The average molecular weight is 527 g/mol. The van der Waals surface area contributed by atoms with Crippen LogP contribution in [0.15, 0.2) is 58.5 Å². The third-order valence-corrected chi connectivity index (χ3v) is 7.72. The topological polar surface area (TPSA) is 164 Å². The van der Waals surface area contributed by atoms with Gasteiger partial charge < -0.3 is 21.0 Å². The Morgan fingerprint density at radius 3 is 2.94 bits per heavy atom. The molecule has 0 bridgehead atoms. The lowest BCUT2D eigenvalue weighted by Gasteiger charge is -2.49. The van der Waals surface area contributed by atoms with E-state index in [0.29, 0.717) is 11.3 Å². The van der Waals surface area contributed by atoms with E-state index in [-0.39, 0.29) is 28.8 Å². The Morgan fingerprint density at radius 1 is 1.39 bits per heavy atom. The van der Waals surface area contributed by atoms with Crippen molar-refractivity contribution in [3.05, 3.63) is 59.0 Å². The van der Waals surface area contributed by atoms with E-state index in [9.17, 15) is 19.5 Å². The maximum atomic E-state index is 13.1. The number of amides is 2. The quantitative estimate of drug-likeness (QED) is 0.171. The van der Waals surface area contributed by atoms with Gasteiger partial charge in [-0.25, -0.2) is 14.8 Å². The van der Waals surface area contributed by atoms with E-state index in [1.807, 2.05) is 35.0 Å². The molecule has 2 aliphatic rings. The highest BCUT2D eigenvalue weighted by Crippen LogP contribution is 2.40. The number of fused-ring (bicyclic) bond motifs is 2. The number of carbonyl (C=O) groups is 3. The first kappa shape index (κ1) is 23.7. The number of β-lactam (4-membered cyclic amide) rings is 1. The van der Waals surface area contributed by atoms with E-state index in [2.05, 4.69) is 20.4 Å². The molecular weight excluding hydrogens is 506 g/mol. The Morgan fingerprint density at radius 2 is 2.22 bits per heavy atom. The molecule has 3 aromatic heterocycles. The predicted octanol–water partition coefficient (Wildman–Crippen LogP) is 0.350. The summed E-state index contributed by atoms with van der Waals surface area (Å²) in [7, 11) is 1.28. The van der Waals surface area contributed by atoms with Gasteiger partial charge in [0.05, 0.1) is 0 Å². The number of carbonyl (C=O) groups excluding carboxylic acids is 2. The van der Waals surface area contributed by atoms with E-state index >= 15 is 0 Å². The van der Waals surface area contributed by atoms with E-state index in [0.717, 1.165) is 22.4 Å². The Balaban J connectivity index is 1.38. The number of nitrogen functional groups attached to an aromatic ring is 1. The largest absolute Gasteiger partial charge is 0.477 e. The molecule has 5 heterocycles. The highest BCUT2D eigenvalue weighted by atomic mass is 32.2. The summed E-state index contributed by atoms with van der Waals surface area (Å²) in [6, 6.07) is 6.50. The normalized spacial score (nSPS) is 19.6. The van der Waals surface area contributed by atoms with Crippen molar-refractivity contribution >= 4 is 62.8 Å². The molecule has 36 heavy (non-hydrogen) atoms. The van der Waals surface area contributed by atoms with Gasteiger partial charge >= 0.3 is 5.97 Å². The van der Waals surface area contributed by atoms with E-state index in [1.165, 1.54) is 23.8 Å². The summed E-state index contributed by atoms with van der Waals surface area (Å²) in [5.74, 6) is -2.03. The van der Waals surface area contributed by atoms with Crippen molar-refractivity contribution in [2.45, 2.75) is 18.0 Å². The smallest absolute Gasteiger partial charge is 0.352 e. The van der Waals surface area contributed by atoms with Crippen LogP contribution in [0.4, 0.5) is 5.13 Å². The molecule has 0 aliphatic carbocycles. The Labute approximate surface area is 212 Å². The Kier molecular flexibility index (Phi) is 6.28. The number of aromatic nitrogens is 3. The minimum atomic E-state index is -1.20. The molecule has 0 radical (unpaired) electrons. The number of nitrogens with one attached hydrogen (secondary N) is 1. The van der Waals surface area contributed by atoms with Gasteiger partial charge in [-0.05, 0) is 12.1 Å². The highest BCUT2D eigenvalue weighted by Gasteiger charge is 2.54. The number of anilines is 1. The van der Waals surface area contributed by atoms with Gasteiger partial charge in [0, 0.05) is 35.0 Å². The molecule has 184 valence electrons. The summed E-state index contributed by atoms with van der Waals surface area (Å²) in [6.07, 6.45) is 3.53. The molecule has 1 saturated heterocycles. The number of carboxylic acid groups (broad SMARTS) is 1. The lowest BCUT2D eigenvalue weighted by atomic mass is 10.0. The molecular formula is C22H20N7O5S2+. The fourth-order valence-corrected chi connectivity index (χ4v) is 6.03. The van der Waals surface area contributed by atoms with Crippen molar-refractivity contribution in [1.29, 1.82) is 0 Å². The fourth-order valence-electron chi connectivity index (χ4n) is 4.15. The van der Waals surface area contributed by atoms with Crippen molar-refractivity contribution < 1.29 is 28.9 Å². The van der Waals surface area contributed by atoms with Crippen LogP contribution < -0.4 is 15.6 Å². The lowest BCUT2D eigenvalue weighted by molar-refractivity contribution is -0.663. The molecule has 0 aromatic carbocycles. The van der Waals surface area contributed by atoms with Crippen LogP contribution in [0.3, 0.4) is 0 Å².